The highest BCUT2D eigenvalue weighted by Crippen LogP contribution is 2.21. The Morgan fingerprint density at radius 3 is 1.67 bits per heavy atom. The number of hydrogen-bond acceptors (Lipinski definition) is 4. The van der Waals surface area contributed by atoms with Crippen LogP contribution in [0.4, 0.5) is 0 Å². The molecule has 0 aromatic heterocycles. The van der Waals surface area contributed by atoms with Crippen LogP contribution in [-0.4, -0.2) is 54.4 Å². The van der Waals surface area contributed by atoms with Crippen LogP contribution in [0.1, 0.15) is 79.1 Å². The Morgan fingerprint density at radius 1 is 0.739 bits per heavy atom. The zero-order valence-corrected chi connectivity index (χ0v) is 28.9. The molecule has 0 aliphatic heterocycles. The summed E-state index contributed by atoms with van der Waals surface area (Å²) in [6.07, 6.45) is 32.7. The van der Waals surface area contributed by atoms with E-state index in [0.717, 1.165) is 38.5 Å². The Bertz CT molecular complexity index is 1200. The maximum atomic E-state index is 12.7. The molecule has 0 heterocycles. The number of ether oxygens (including phenoxy) is 1. The van der Waals surface area contributed by atoms with Gasteiger partial charge < -0.3 is 20.3 Å². The molecule has 252 valence electrons. The first-order valence-electron chi connectivity index (χ1n) is 16.3. The summed E-state index contributed by atoms with van der Waals surface area (Å²) >= 11 is 5.90. The van der Waals surface area contributed by atoms with Crippen LogP contribution in [0.25, 0.3) is 0 Å². The summed E-state index contributed by atoms with van der Waals surface area (Å²) in [4.78, 5) is 38.5. The summed E-state index contributed by atoms with van der Waals surface area (Å²) in [5.74, 6) is 0.0516. The molecular weight excluding hydrogens is 598 g/mol. The van der Waals surface area contributed by atoms with Gasteiger partial charge in [-0.25, -0.2) is 0 Å². The summed E-state index contributed by atoms with van der Waals surface area (Å²) in [5, 5.41) is 6.27. The molecule has 1 aromatic rings. The molecule has 0 unspecified atom stereocenters. The molecule has 0 aliphatic carbocycles. The van der Waals surface area contributed by atoms with E-state index in [9.17, 15) is 14.4 Å². The molecule has 46 heavy (non-hydrogen) atoms. The van der Waals surface area contributed by atoms with E-state index in [0.29, 0.717) is 43.2 Å². The minimum absolute atomic E-state index is 0.0579. The number of halogens is 1. The van der Waals surface area contributed by atoms with E-state index in [1.807, 2.05) is 6.08 Å². The molecule has 3 amide bonds. The second-order valence-corrected chi connectivity index (χ2v) is 11.6. The van der Waals surface area contributed by atoms with Crippen molar-refractivity contribution in [1.82, 2.24) is 15.5 Å². The number of allylic oxidation sites excluding steroid dienone is 12. The minimum Gasteiger partial charge on any atom is -0.478 e. The van der Waals surface area contributed by atoms with Crippen LogP contribution >= 0.6 is 11.6 Å². The Balaban J connectivity index is 2.16. The Hall–Kier alpha value is -3.84. The van der Waals surface area contributed by atoms with E-state index in [4.69, 9.17) is 16.3 Å². The van der Waals surface area contributed by atoms with E-state index in [-0.39, 0.29) is 24.3 Å². The molecule has 1 aromatic carbocycles. The van der Waals surface area contributed by atoms with Crippen molar-refractivity contribution in [2.24, 2.45) is 0 Å². The van der Waals surface area contributed by atoms with E-state index in [1.165, 1.54) is 6.92 Å². The van der Waals surface area contributed by atoms with Gasteiger partial charge in [0.2, 0.25) is 11.8 Å². The molecule has 8 heteroatoms. The maximum Gasteiger partial charge on any atom is 0.263 e. The van der Waals surface area contributed by atoms with Crippen molar-refractivity contribution < 1.29 is 19.1 Å². The zero-order valence-electron chi connectivity index (χ0n) is 28.2. The quantitative estimate of drug-likeness (QED) is 0.117. The second kappa shape index (κ2) is 25.4. The normalized spacial score (nSPS) is 12.4. The average molecular weight is 652 g/mol. The number of nitrogens with one attached hydrogen (secondary N) is 2. The molecule has 0 radical (unpaired) electrons. The first-order chi connectivity index (χ1) is 22.2. The van der Waals surface area contributed by atoms with Gasteiger partial charge in [-0.15, -0.1) is 0 Å². The average Bonchev–Trinajstić information content (AvgIpc) is 3.02. The van der Waals surface area contributed by atoms with Gasteiger partial charge in [-0.1, -0.05) is 91.4 Å². The number of benzene rings is 1. The number of nitrogens with zero attached hydrogens (tertiary/aromatic N) is 1. The second-order valence-electron chi connectivity index (χ2n) is 11.1. The zero-order chi connectivity index (χ0) is 33.9. The van der Waals surface area contributed by atoms with Crippen molar-refractivity contribution in [2.45, 2.75) is 84.7 Å². The lowest BCUT2D eigenvalue weighted by molar-refractivity contribution is -0.135. The van der Waals surface area contributed by atoms with Crippen LogP contribution in [0.15, 0.2) is 97.2 Å². The smallest absolute Gasteiger partial charge is 0.263 e. The van der Waals surface area contributed by atoms with Gasteiger partial charge in [0.05, 0.1) is 0 Å². The number of hydrogen-bond donors (Lipinski definition) is 2. The lowest BCUT2D eigenvalue weighted by Crippen LogP contribution is -2.49. The number of carbonyl (C=O) groups excluding carboxylic acids is 3. The number of rotatable bonds is 23. The van der Waals surface area contributed by atoms with E-state index in [2.05, 4.69) is 84.4 Å². The molecule has 0 atom stereocenters. The topological polar surface area (TPSA) is 87.7 Å². The molecular formula is C38H54ClN3O4. The number of amides is 3. The van der Waals surface area contributed by atoms with Crippen molar-refractivity contribution in [1.29, 1.82) is 0 Å². The van der Waals surface area contributed by atoms with Crippen molar-refractivity contribution in [2.75, 3.05) is 26.2 Å². The van der Waals surface area contributed by atoms with Crippen molar-refractivity contribution in [3.05, 3.63) is 102 Å². The fourth-order valence-corrected chi connectivity index (χ4v) is 4.19. The Labute approximate surface area is 282 Å². The van der Waals surface area contributed by atoms with Crippen LogP contribution in [0.2, 0.25) is 5.02 Å². The minimum atomic E-state index is -1.11. The highest BCUT2D eigenvalue weighted by Gasteiger charge is 2.29. The van der Waals surface area contributed by atoms with Gasteiger partial charge in [0, 0.05) is 44.5 Å². The molecule has 0 fully saturated rings. The third-order valence-corrected chi connectivity index (χ3v) is 6.94. The highest BCUT2D eigenvalue weighted by molar-refractivity contribution is 6.30. The third-order valence-electron chi connectivity index (χ3n) is 6.68. The molecule has 0 spiro atoms. The van der Waals surface area contributed by atoms with E-state index < -0.39 is 5.60 Å². The predicted molar refractivity (Wildman–Crippen MR) is 192 cm³/mol. The van der Waals surface area contributed by atoms with Gasteiger partial charge in [0.1, 0.15) is 5.75 Å². The monoisotopic (exact) mass is 651 g/mol. The Morgan fingerprint density at radius 2 is 1.20 bits per heavy atom. The van der Waals surface area contributed by atoms with E-state index in [1.54, 1.807) is 43.0 Å². The van der Waals surface area contributed by atoms with Gasteiger partial charge in [0.15, 0.2) is 5.60 Å². The summed E-state index contributed by atoms with van der Waals surface area (Å²) in [6, 6.07) is 6.79. The van der Waals surface area contributed by atoms with Gasteiger partial charge >= 0.3 is 0 Å². The lowest BCUT2D eigenvalue weighted by atomic mass is 10.1. The first-order valence-corrected chi connectivity index (χ1v) is 16.7. The summed E-state index contributed by atoms with van der Waals surface area (Å²) in [7, 11) is 0. The van der Waals surface area contributed by atoms with Gasteiger partial charge in [-0.2, -0.15) is 0 Å². The maximum absolute atomic E-state index is 12.7. The predicted octanol–water partition coefficient (Wildman–Crippen LogP) is 8.06. The van der Waals surface area contributed by atoms with Crippen LogP contribution in [0.5, 0.6) is 5.75 Å². The van der Waals surface area contributed by atoms with Crippen LogP contribution < -0.4 is 15.4 Å². The first kappa shape index (κ1) is 40.2. The summed E-state index contributed by atoms with van der Waals surface area (Å²) in [5.41, 5.74) is -1.11. The fourth-order valence-electron chi connectivity index (χ4n) is 4.06. The molecule has 7 nitrogen and oxygen atoms in total. The van der Waals surface area contributed by atoms with Gasteiger partial charge in [0.25, 0.3) is 5.91 Å². The Kier molecular flexibility index (Phi) is 22.2. The fraction of sp³-hybridized carbons (Fsp3) is 0.447. The van der Waals surface area contributed by atoms with Crippen molar-refractivity contribution in [3.63, 3.8) is 0 Å². The molecule has 0 saturated heterocycles. The van der Waals surface area contributed by atoms with E-state index >= 15 is 0 Å². The molecule has 2 N–H and O–H groups in total. The summed E-state index contributed by atoms with van der Waals surface area (Å²) < 4.78 is 5.80. The van der Waals surface area contributed by atoms with Gasteiger partial charge in [-0.05, 0) is 83.1 Å². The molecule has 0 saturated carbocycles. The standard InChI is InChI=1S/C38H54ClN3O4/c1-5-6-7-8-9-10-11-12-13-14-15-16-17-18-19-20-21-22-23-24-36(44)40-29-31-42(33(2)43)32-30-41-37(45)38(3,4)46-35-27-25-34(39)26-28-35/h6-7,9-10,12-13,15-16,18-19,21-22,25-28H,5,8,11,14,17,20,23-24,29-32H2,1-4H3,(H,40,44)(H,41,45). The SMILES string of the molecule is CCC=CCC=CCC=CCC=CCC=CCC=CCCC(=O)NCCN(CCNC(=O)C(C)(C)Oc1ccc(Cl)cc1)C(C)=O. The molecule has 0 aliphatic rings. The lowest BCUT2D eigenvalue weighted by Gasteiger charge is -2.26. The molecule has 1 rings (SSSR count). The van der Waals surface area contributed by atoms with Crippen LogP contribution in [0.3, 0.4) is 0 Å². The largest absolute Gasteiger partial charge is 0.478 e. The summed E-state index contributed by atoms with van der Waals surface area (Å²) in [6.45, 7) is 8.27. The highest BCUT2D eigenvalue weighted by atomic mass is 35.5. The van der Waals surface area contributed by atoms with Crippen molar-refractivity contribution in [3.8, 4) is 5.75 Å². The van der Waals surface area contributed by atoms with Crippen LogP contribution in [0, 0.1) is 0 Å². The van der Waals surface area contributed by atoms with Crippen molar-refractivity contribution >= 4 is 29.3 Å². The van der Waals surface area contributed by atoms with Crippen LogP contribution in [-0.2, 0) is 14.4 Å². The third kappa shape index (κ3) is 21.0. The number of carbonyl (C=O) groups is 3. The molecule has 0 bridgehead atoms. The van der Waals surface area contributed by atoms with Gasteiger partial charge in [-0.3, -0.25) is 14.4 Å².